The van der Waals surface area contributed by atoms with Gasteiger partial charge in [-0.2, -0.15) is 5.26 Å². The molecule has 0 spiro atoms. The van der Waals surface area contributed by atoms with Gasteiger partial charge in [-0.1, -0.05) is 108 Å². The third-order valence-electron chi connectivity index (χ3n) is 7.87. The average Bonchev–Trinajstić information content (AvgIpc) is 3.27. The lowest BCUT2D eigenvalue weighted by Crippen LogP contribution is -2.16. The molecule has 0 saturated carbocycles. The average molecular weight is 484 g/mol. The summed E-state index contributed by atoms with van der Waals surface area (Å²) >= 11 is 1.86. The van der Waals surface area contributed by atoms with Gasteiger partial charge in [0.15, 0.2) is 0 Å². The number of nitrogens with zero attached hydrogens (tertiary/aromatic N) is 1. The molecule has 0 amide bonds. The number of thiophene rings is 1. The molecular weight excluding hydrogens is 442 g/mol. The Kier molecular flexibility index (Phi) is 8.85. The Morgan fingerprint density at radius 2 is 1.46 bits per heavy atom. The molecule has 3 aromatic rings. The third kappa shape index (κ3) is 5.90. The second-order valence-corrected chi connectivity index (χ2v) is 11.9. The van der Waals surface area contributed by atoms with Crippen LogP contribution in [-0.4, -0.2) is 0 Å². The van der Waals surface area contributed by atoms with Crippen molar-refractivity contribution in [3.8, 4) is 27.6 Å². The third-order valence-corrected chi connectivity index (χ3v) is 9.36. The molecule has 1 heterocycles. The molecule has 1 aliphatic rings. The van der Waals surface area contributed by atoms with E-state index in [2.05, 4.69) is 82.3 Å². The van der Waals surface area contributed by atoms with Gasteiger partial charge in [-0.25, -0.2) is 0 Å². The number of aryl methyl sites for hydroxylation is 1. The van der Waals surface area contributed by atoms with E-state index in [1.807, 2.05) is 11.3 Å². The van der Waals surface area contributed by atoms with Crippen molar-refractivity contribution in [2.24, 2.45) is 5.92 Å². The van der Waals surface area contributed by atoms with Crippen LogP contribution in [0.25, 0.3) is 21.6 Å². The van der Waals surface area contributed by atoms with Gasteiger partial charge in [0.05, 0.1) is 10.4 Å². The van der Waals surface area contributed by atoms with Gasteiger partial charge in [0.2, 0.25) is 0 Å². The highest BCUT2D eigenvalue weighted by molar-refractivity contribution is 7.16. The van der Waals surface area contributed by atoms with Gasteiger partial charge < -0.3 is 0 Å². The van der Waals surface area contributed by atoms with Crippen LogP contribution in [0.4, 0.5) is 0 Å². The SMILES string of the molecule is CCCCCCCCc1ccc(-c2ccc(-c3sc4c(c3C#N)[C@H](C(C)C)CC[C@H]4C)cc2)cc1. The maximum Gasteiger partial charge on any atom is 0.101 e. The first-order valence-electron chi connectivity index (χ1n) is 13.8. The van der Waals surface area contributed by atoms with Crippen LogP contribution in [0.15, 0.2) is 48.5 Å². The van der Waals surface area contributed by atoms with Crippen molar-refractivity contribution in [2.45, 2.75) is 97.3 Å². The van der Waals surface area contributed by atoms with Crippen molar-refractivity contribution in [1.29, 1.82) is 5.26 Å². The first kappa shape index (κ1) is 25.7. The minimum Gasteiger partial charge on any atom is -0.192 e. The van der Waals surface area contributed by atoms with Gasteiger partial charge in [-0.15, -0.1) is 11.3 Å². The Bertz CT molecular complexity index is 1130. The summed E-state index contributed by atoms with van der Waals surface area (Å²) in [5.74, 6) is 1.64. The molecule has 0 aliphatic heterocycles. The fourth-order valence-corrected chi connectivity index (χ4v) is 7.08. The summed E-state index contributed by atoms with van der Waals surface area (Å²) in [6.07, 6.45) is 11.7. The highest BCUT2D eigenvalue weighted by atomic mass is 32.1. The second kappa shape index (κ2) is 12.0. The van der Waals surface area contributed by atoms with Crippen molar-refractivity contribution in [3.63, 3.8) is 0 Å². The largest absolute Gasteiger partial charge is 0.192 e. The smallest absolute Gasteiger partial charge is 0.101 e. The summed E-state index contributed by atoms with van der Waals surface area (Å²) in [7, 11) is 0. The van der Waals surface area contributed by atoms with Gasteiger partial charge in [0, 0.05) is 4.88 Å². The van der Waals surface area contributed by atoms with E-state index in [0.29, 0.717) is 17.8 Å². The summed E-state index contributed by atoms with van der Waals surface area (Å²) in [4.78, 5) is 2.62. The minimum atomic E-state index is 0.509. The zero-order chi connectivity index (χ0) is 24.8. The maximum absolute atomic E-state index is 10.1. The van der Waals surface area contributed by atoms with Crippen LogP contribution in [0.2, 0.25) is 0 Å². The molecule has 0 saturated heterocycles. The number of hydrogen-bond acceptors (Lipinski definition) is 2. The Labute approximate surface area is 217 Å². The molecule has 0 unspecified atom stereocenters. The lowest BCUT2D eigenvalue weighted by atomic mass is 9.75. The summed E-state index contributed by atoms with van der Waals surface area (Å²) in [5, 5.41) is 10.1. The molecule has 2 atom stereocenters. The number of rotatable bonds is 10. The number of nitriles is 1. The summed E-state index contributed by atoms with van der Waals surface area (Å²) in [6.45, 7) is 9.21. The Morgan fingerprint density at radius 1 is 0.857 bits per heavy atom. The normalized spacial score (nSPS) is 17.4. The highest BCUT2D eigenvalue weighted by Gasteiger charge is 2.33. The zero-order valence-electron chi connectivity index (χ0n) is 22.1. The van der Waals surface area contributed by atoms with E-state index in [1.54, 1.807) is 0 Å². The van der Waals surface area contributed by atoms with E-state index in [9.17, 15) is 5.26 Å². The molecular formula is C33H41NS. The second-order valence-electron chi connectivity index (χ2n) is 10.8. The summed E-state index contributed by atoms with van der Waals surface area (Å²) in [5.41, 5.74) is 7.42. The van der Waals surface area contributed by atoms with Crippen molar-refractivity contribution in [2.75, 3.05) is 0 Å². The van der Waals surface area contributed by atoms with Crippen LogP contribution in [-0.2, 0) is 6.42 Å². The molecule has 4 rings (SSSR count). The van der Waals surface area contributed by atoms with E-state index in [-0.39, 0.29) is 0 Å². The molecule has 1 aliphatic carbocycles. The van der Waals surface area contributed by atoms with E-state index in [1.165, 1.54) is 90.5 Å². The Hall–Kier alpha value is -2.37. The molecule has 184 valence electrons. The van der Waals surface area contributed by atoms with Crippen molar-refractivity contribution >= 4 is 11.3 Å². The topological polar surface area (TPSA) is 23.8 Å². The van der Waals surface area contributed by atoms with Gasteiger partial charge >= 0.3 is 0 Å². The fourth-order valence-electron chi connectivity index (χ4n) is 5.67. The number of hydrogen-bond donors (Lipinski definition) is 0. The molecule has 2 aromatic carbocycles. The van der Waals surface area contributed by atoms with Gasteiger partial charge in [-0.3, -0.25) is 0 Å². The molecule has 0 N–H and O–H groups in total. The van der Waals surface area contributed by atoms with Crippen LogP contribution >= 0.6 is 11.3 Å². The van der Waals surface area contributed by atoms with Gasteiger partial charge in [0.1, 0.15) is 6.07 Å². The molecule has 0 bridgehead atoms. The van der Waals surface area contributed by atoms with Crippen molar-refractivity contribution < 1.29 is 0 Å². The molecule has 0 radical (unpaired) electrons. The van der Waals surface area contributed by atoms with Crippen LogP contribution in [0.3, 0.4) is 0 Å². The predicted molar refractivity (Wildman–Crippen MR) is 152 cm³/mol. The van der Waals surface area contributed by atoms with Crippen LogP contribution in [0.1, 0.15) is 112 Å². The van der Waals surface area contributed by atoms with Crippen molar-refractivity contribution in [3.05, 3.63) is 70.1 Å². The first-order chi connectivity index (χ1) is 17.0. The van der Waals surface area contributed by atoms with Crippen LogP contribution in [0.5, 0.6) is 0 Å². The molecule has 35 heavy (non-hydrogen) atoms. The predicted octanol–water partition coefficient (Wildman–Crippen LogP) is 10.5. The number of unbranched alkanes of at least 4 members (excludes halogenated alkanes) is 5. The van der Waals surface area contributed by atoms with E-state index in [4.69, 9.17) is 0 Å². The van der Waals surface area contributed by atoms with E-state index >= 15 is 0 Å². The quantitative estimate of drug-likeness (QED) is 0.263. The lowest BCUT2D eigenvalue weighted by molar-refractivity contribution is 0.414. The molecule has 1 nitrogen and oxygen atoms in total. The monoisotopic (exact) mass is 483 g/mol. The van der Waals surface area contributed by atoms with E-state index < -0.39 is 0 Å². The maximum atomic E-state index is 10.1. The minimum absolute atomic E-state index is 0.509. The highest BCUT2D eigenvalue weighted by Crippen LogP contribution is 2.51. The number of benzene rings is 2. The molecule has 1 aromatic heterocycles. The van der Waals surface area contributed by atoms with E-state index in [0.717, 1.165) is 10.4 Å². The number of fused-ring (bicyclic) bond motifs is 1. The fraction of sp³-hybridized carbons (Fsp3) is 0.485. The Balaban J connectivity index is 1.48. The first-order valence-corrected chi connectivity index (χ1v) is 14.6. The summed E-state index contributed by atoms with van der Waals surface area (Å²) in [6, 6.07) is 20.6. The standard InChI is InChI=1S/C33H41NS/c1-5-6-7-8-9-10-11-25-13-15-26(16-14-25)27-17-19-28(20-18-27)33-30(22-34)31-29(23(2)3)21-12-24(4)32(31)35-33/h13-20,23-24,29H,5-12,21H2,1-4H3/t24-,29+/m1/s1. The Morgan fingerprint density at radius 3 is 2.09 bits per heavy atom. The molecule has 0 fully saturated rings. The van der Waals surface area contributed by atoms with Crippen LogP contribution < -0.4 is 0 Å². The van der Waals surface area contributed by atoms with Crippen molar-refractivity contribution in [1.82, 2.24) is 0 Å². The zero-order valence-corrected chi connectivity index (χ0v) is 22.9. The van der Waals surface area contributed by atoms with Gasteiger partial charge in [0.25, 0.3) is 0 Å². The van der Waals surface area contributed by atoms with Crippen LogP contribution in [0, 0.1) is 17.2 Å². The lowest BCUT2D eigenvalue weighted by Gasteiger charge is -2.29. The van der Waals surface area contributed by atoms with Gasteiger partial charge in [-0.05, 0) is 71.3 Å². The molecule has 2 heteroatoms. The summed E-state index contributed by atoms with van der Waals surface area (Å²) < 4.78 is 0.